The number of unbranched alkanes of at least 4 members (excludes halogenated alkanes) is 28. The SMILES string of the molecule is CC/C=C\C/C=C\C/C=C\C/C=C\C/C=C\C/C=C\C/C=C\CCCCCCCCCCCCCCCCCCCC(=O)OC(COC(=O)CCCCCCCCC/C=C\C/C=C\CCCCCC)COC(OCC[N+](C)(C)C)C(=O)O. The number of hydrogen-bond acceptors (Lipinski definition) is 7. The number of quaternary nitrogens is 1. The zero-order valence-electron chi connectivity index (χ0n) is 53.6. The fourth-order valence-corrected chi connectivity index (χ4v) is 9.14. The van der Waals surface area contributed by atoms with Gasteiger partial charge in [0.05, 0.1) is 34.4 Å². The highest BCUT2D eigenvalue weighted by Crippen LogP contribution is 2.17. The van der Waals surface area contributed by atoms with Crippen molar-refractivity contribution < 1.29 is 42.9 Å². The van der Waals surface area contributed by atoms with Crippen LogP contribution >= 0.6 is 0 Å². The molecule has 0 radical (unpaired) electrons. The van der Waals surface area contributed by atoms with Crippen LogP contribution in [0.3, 0.4) is 0 Å². The summed E-state index contributed by atoms with van der Waals surface area (Å²) < 4.78 is 22.9. The topological polar surface area (TPSA) is 108 Å². The van der Waals surface area contributed by atoms with Crippen LogP contribution in [0.2, 0.25) is 0 Å². The minimum atomic E-state index is -1.52. The summed E-state index contributed by atoms with van der Waals surface area (Å²) in [7, 11) is 5.97. The average Bonchev–Trinajstić information content (AvgIpc) is 3.45. The lowest BCUT2D eigenvalue weighted by atomic mass is 10.0. The molecule has 0 amide bonds. The van der Waals surface area contributed by atoms with Gasteiger partial charge in [0.15, 0.2) is 6.10 Å². The largest absolute Gasteiger partial charge is 0.477 e. The number of carbonyl (C=O) groups is 3. The molecule has 0 saturated carbocycles. The third-order valence-electron chi connectivity index (χ3n) is 14.3. The molecular weight excluding hydrogens is 1020 g/mol. The average molecular weight is 1150 g/mol. The Labute approximate surface area is 505 Å². The highest BCUT2D eigenvalue weighted by Gasteiger charge is 2.25. The molecule has 0 aliphatic rings. The maximum absolute atomic E-state index is 12.9. The Balaban J connectivity index is 4.07. The number of ether oxygens (including phenoxy) is 4. The van der Waals surface area contributed by atoms with E-state index in [-0.39, 0.29) is 32.2 Å². The van der Waals surface area contributed by atoms with Crippen LogP contribution in [-0.2, 0) is 33.3 Å². The second kappa shape index (κ2) is 63.0. The van der Waals surface area contributed by atoms with Gasteiger partial charge in [-0.05, 0) is 103 Å². The third kappa shape index (κ3) is 63.5. The van der Waals surface area contributed by atoms with Crippen molar-refractivity contribution in [2.75, 3.05) is 47.5 Å². The van der Waals surface area contributed by atoms with E-state index in [4.69, 9.17) is 18.9 Å². The molecule has 0 bridgehead atoms. The van der Waals surface area contributed by atoms with Crippen LogP contribution in [0, 0.1) is 0 Å². The lowest BCUT2D eigenvalue weighted by molar-refractivity contribution is -0.870. The maximum atomic E-state index is 12.9. The van der Waals surface area contributed by atoms with Crippen LogP contribution in [0.4, 0.5) is 0 Å². The van der Waals surface area contributed by atoms with Crippen molar-refractivity contribution in [2.45, 2.75) is 289 Å². The Morgan fingerprint density at radius 2 is 0.695 bits per heavy atom. The molecule has 0 aliphatic heterocycles. The van der Waals surface area contributed by atoms with Gasteiger partial charge < -0.3 is 28.5 Å². The van der Waals surface area contributed by atoms with Crippen LogP contribution in [0.5, 0.6) is 0 Å². The molecule has 0 heterocycles. The van der Waals surface area contributed by atoms with Crippen molar-refractivity contribution in [2.24, 2.45) is 0 Å². The summed E-state index contributed by atoms with van der Waals surface area (Å²) in [6.07, 6.45) is 84.8. The summed E-state index contributed by atoms with van der Waals surface area (Å²) >= 11 is 0. The number of hydrogen-bond donors (Lipinski definition) is 1. The van der Waals surface area contributed by atoms with Crippen LogP contribution in [0.15, 0.2) is 109 Å². The molecule has 0 aromatic carbocycles. The summed E-state index contributed by atoms with van der Waals surface area (Å²) in [5.74, 6) is -2.01. The fourth-order valence-electron chi connectivity index (χ4n) is 9.14. The summed E-state index contributed by atoms with van der Waals surface area (Å²) in [5, 5.41) is 9.73. The predicted octanol–water partition coefficient (Wildman–Crippen LogP) is 20.6. The first kappa shape index (κ1) is 78.0. The van der Waals surface area contributed by atoms with Crippen molar-refractivity contribution in [3.63, 3.8) is 0 Å². The van der Waals surface area contributed by atoms with Crippen molar-refractivity contribution in [3.05, 3.63) is 109 Å². The van der Waals surface area contributed by atoms with Gasteiger partial charge in [-0.3, -0.25) is 9.59 Å². The van der Waals surface area contributed by atoms with Gasteiger partial charge in [-0.1, -0.05) is 271 Å². The molecule has 9 heteroatoms. The minimum absolute atomic E-state index is 0.184. The Hall–Kier alpha value is -4.05. The summed E-state index contributed by atoms with van der Waals surface area (Å²) in [6.45, 7) is 4.75. The van der Waals surface area contributed by atoms with E-state index in [1.54, 1.807) is 0 Å². The number of likely N-dealkylation sites (N-methyl/N-ethyl adjacent to an activating group) is 1. The number of esters is 2. The Kier molecular flexibility index (Phi) is 59.9. The molecule has 0 aliphatic carbocycles. The second-order valence-corrected chi connectivity index (χ2v) is 23.4. The van der Waals surface area contributed by atoms with Crippen LogP contribution < -0.4 is 0 Å². The normalized spacial score (nSPS) is 13.4. The highest BCUT2D eigenvalue weighted by atomic mass is 16.7. The maximum Gasteiger partial charge on any atom is 0.361 e. The van der Waals surface area contributed by atoms with Crippen molar-refractivity contribution in [1.82, 2.24) is 0 Å². The molecule has 0 rings (SSSR count). The van der Waals surface area contributed by atoms with Gasteiger partial charge in [-0.2, -0.15) is 0 Å². The molecule has 0 aromatic rings. The molecule has 0 saturated heterocycles. The lowest BCUT2D eigenvalue weighted by Gasteiger charge is -2.25. The summed E-state index contributed by atoms with van der Waals surface area (Å²) in [4.78, 5) is 37.5. The van der Waals surface area contributed by atoms with E-state index in [2.05, 4.69) is 123 Å². The zero-order chi connectivity index (χ0) is 59.8. The first-order valence-corrected chi connectivity index (χ1v) is 33.6. The van der Waals surface area contributed by atoms with E-state index in [9.17, 15) is 19.5 Å². The van der Waals surface area contributed by atoms with E-state index >= 15 is 0 Å². The molecule has 470 valence electrons. The van der Waals surface area contributed by atoms with Gasteiger partial charge >= 0.3 is 17.9 Å². The van der Waals surface area contributed by atoms with Gasteiger partial charge in [-0.15, -0.1) is 0 Å². The monoisotopic (exact) mass is 1140 g/mol. The van der Waals surface area contributed by atoms with Crippen LogP contribution in [-0.4, -0.2) is 87.4 Å². The summed E-state index contributed by atoms with van der Waals surface area (Å²) in [5.41, 5.74) is 0. The molecule has 9 nitrogen and oxygen atoms in total. The number of nitrogens with zero attached hydrogens (tertiary/aromatic N) is 1. The predicted molar refractivity (Wildman–Crippen MR) is 350 cm³/mol. The van der Waals surface area contributed by atoms with Gasteiger partial charge in [0.2, 0.25) is 0 Å². The van der Waals surface area contributed by atoms with Crippen molar-refractivity contribution >= 4 is 17.9 Å². The number of carbonyl (C=O) groups excluding carboxylic acids is 2. The van der Waals surface area contributed by atoms with E-state index in [1.165, 1.54) is 148 Å². The molecule has 2 unspecified atom stereocenters. The molecule has 0 aromatic heterocycles. The number of allylic oxidation sites excluding steroid dienone is 18. The van der Waals surface area contributed by atoms with E-state index < -0.39 is 24.3 Å². The molecule has 1 N–H and O–H groups in total. The quantitative estimate of drug-likeness (QED) is 0.0211. The number of rotatable bonds is 61. The zero-order valence-corrected chi connectivity index (χ0v) is 53.6. The van der Waals surface area contributed by atoms with Gasteiger partial charge in [0.1, 0.15) is 13.2 Å². The summed E-state index contributed by atoms with van der Waals surface area (Å²) in [6, 6.07) is 0. The van der Waals surface area contributed by atoms with Gasteiger partial charge in [0.25, 0.3) is 6.29 Å². The van der Waals surface area contributed by atoms with E-state index in [0.29, 0.717) is 17.4 Å². The lowest BCUT2D eigenvalue weighted by Crippen LogP contribution is -2.40. The Morgan fingerprint density at radius 3 is 1.04 bits per heavy atom. The smallest absolute Gasteiger partial charge is 0.361 e. The first-order valence-electron chi connectivity index (χ1n) is 33.6. The van der Waals surface area contributed by atoms with E-state index in [0.717, 1.165) is 103 Å². The van der Waals surface area contributed by atoms with Gasteiger partial charge in [0, 0.05) is 12.8 Å². The van der Waals surface area contributed by atoms with E-state index in [1.807, 2.05) is 21.1 Å². The highest BCUT2D eigenvalue weighted by molar-refractivity contribution is 5.71. The number of aliphatic carboxylic acids is 1. The molecule has 2 atom stereocenters. The minimum Gasteiger partial charge on any atom is -0.477 e. The Morgan fingerprint density at radius 1 is 0.378 bits per heavy atom. The van der Waals surface area contributed by atoms with Crippen LogP contribution in [0.1, 0.15) is 277 Å². The molecular formula is C73H126NO8+. The molecule has 82 heavy (non-hydrogen) atoms. The first-order chi connectivity index (χ1) is 40.1. The fraction of sp³-hybridized carbons (Fsp3) is 0.712. The van der Waals surface area contributed by atoms with Crippen LogP contribution in [0.25, 0.3) is 0 Å². The van der Waals surface area contributed by atoms with Gasteiger partial charge in [-0.25, -0.2) is 4.79 Å². The Bertz CT molecular complexity index is 1710. The van der Waals surface area contributed by atoms with Crippen molar-refractivity contribution in [3.8, 4) is 0 Å². The number of carboxylic acid groups (broad SMARTS) is 1. The number of carboxylic acids is 1. The van der Waals surface area contributed by atoms with Crippen molar-refractivity contribution in [1.29, 1.82) is 0 Å². The second-order valence-electron chi connectivity index (χ2n) is 23.4. The molecule has 0 fully saturated rings. The standard InChI is InChI=1S/C73H125NO8/c1-6-8-10-12-14-16-18-20-22-24-26-27-28-29-30-31-32-33-34-35-36-37-38-39-40-41-42-43-44-45-46-48-50-52-54-56-58-60-62-64-71(76)82-69(68-81-73(72(77)78)79-66-65-74(3,4)5)67-80-70(75)63-61-59-57-55-53-51-49-47-25-23-21-19-17-15-13-11-9-7-2/h8,10,14,16-17,19-20,22-23,25-27,29-30,32-33,35-36,69,73H,6-7,9,11-13,15,18,21,24,28,31,34,37-68H2,1-5H3/p+1/b10-8-,16-14-,19-17-,22-20-,25-23-,27-26-,30-29-,33-32-,36-35-. The third-order valence-corrected chi connectivity index (χ3v) is 14.3. The molecule has 0 spiro atoms.